The molecule has 3 aromatic rings. The lowest BCUT2D eigenvalue weighted by Crippen LogP contribution is -2.12. The van der Waals surface area contributed by atoms with Gasteiger partial charge in [-0.1, -0.05) is 30.3 Å². The minimum absolute atomic E-state index is 0.0485. The van der Waals surface area contributed by atoms with Crippen LogP contribution in [0, 0.1) is 6.92 Å². The molecule has 0 saturated carbocycles. The normalized spacial score (nSPS) is 10.7. The third kappa shape index (κ3) is 3.06. The Bertz CT molecular complexity index is 882. The molecule has 4 heteroatoms. The Kier molecular flexibility index (Phi) is 4.06. The highest BCUT2D eigenvalue weighted by Crippen LogP contribution is 2.28. The van der Waals surface area contributed by atoms with Crippen LogP contribution in [-0.2, 0) is 6.61 Å². The third-order valence-electron chi connectivity index (χ3n) is 3.76. The zero-order chi connectivity index (χ0) is 16.4. The minimum atomic E-state index is -0.0485. The van der Waals surface area contributed by atoms with E-state index in [9.17, 15) is 4.79 Å². The number of ether oxygens (including phenoxy) is 1. The van der Waals surface area contributed by atoms with Gasteiger partial charge in [-0.15, -0.1) is 0 Å². The Balaban J connectivity index is 1.99. The summed E-state index contributed by atoms with van der Waals surface area (Å²) in [6, 6.07) is 15.1. The number of hydrogen-bond acceptors (Lipinski definition) is 4. The quantitative estimate of drug-likeness (QED) is 0.736. The van der Waals surface area contributed by atoms with Crippen LogP contribution >= 0.6 is 0 Å². The van der Waals surface area contributed by atoms with Gasteiger partial charge >= 0.3 is 0 Å². The number of nitrogens with zero attached hydrogens (tertiary/aromatic N) is 1. The maximum absolute atomic E-state index is 12.2. The van der Waals surface area contributed by atoms with Gasteiger partial charge in [0.15, 0.2) is 11.3 Å². The van der Waals surface area contributed by atoms with E-state index in [1.54, 1.807) is 11.0 Å². The lowest BCUT2D eigenvalue weighted by atomic mass is 10.1. The van der Waals surface area contributed by atoms with Crippen LogP contribution in [0.4, 0.5) is 5.88 Å². The van der Waals surface area contributed by atoms with E-state index in [2.05, 4.69) is 0 Å². The van der Waals surface area contributed by atoms with Crippen molar-refractivity contribution >= 4 is 16.9 Å². The summed E-state index contributed by atoms with van der Waals surface area (Å²) in [6.45, 7) is 2.38. The van der Waals surface area contributed by atoms with Gasteiger partial charge in [0, 0.05) is 25.7 Å². The first kappa shape index (κ1) is 15.2. The van der Waals surface area contributed by atoms with Crippen molar-refractivity contribution in [1.82, 2.24) is 0 Å². The summed E-state index contributed by atoms with van der Waals surface area (Å²) in [5.41, 5.74) is 2.45. The molecule has 4 nitrogen and oxygen atoms in total. The van der Waals surface area contributed by atoms with E-state index in [0.29, 0.717) is 23.5 Å². The summed E-state index contributed by atoms with van der Waals surface area (Å²) >= 11 is 0. The average Bonchev–Trinajstić information content (AvgIpc) is 2.55. The van der Waals surface area contributed by atoms with E-state index in [1.165, 1.54) is 6.07 Å². The molecular formula is C19H19NO3. The summed E-state index contributed by atoms with van der Waals surface area (Å²) in [5, 5.41) is 0.570. The topological polar surface area (TPSA) is 42.7 Å². The molecule has 0 bridgehead atoms. The molecule has 3 rings (SSSR count). The van der Waals surface area contributed by atoms with Crippen molar-refractivity contribution in [2.75, 3.05) is 19.0 Å². The molecule has 0 aliphatic carbocycles. The highest BCUT2D eigenvalue weighted by Gasteiger charge is 2.12. The Hall–Kier alpha value is -2.75. The lowest BCUT2D eigenvalue weighted by Gasteiger charge is -2.14. The van der Waals surface area contributed by atoms with Crippen LogP contribution < -0.4 is 15.1 Å². The number of benzene rings is 2. The molecule has 0 unspecified atom stereocenters. The van der Waals surface area contributed by atoms with Crippen molar-refractivity contribution in [3.05, 3.63) is 69.9 Å². The van der Waals surface area contributed by atoms with Gasteiger partial charge in [0.05, 0.1) is 5.39 Å². The fourth-order valence-electron chi connectivity index (χ4n) is 2.44. The first-order valence-corrected chi connectivity index (χ1v) is 7.48. The highest BCUT2D eigenvalue weighted by molar-refractivity contribution is 5.82. The number of aryl methyl sites for hydroxylation is 1. The number of hydrogen-bond donors (Lipinski definition) is 0. The molecule has 1 aromatic heterocycles. The summed E-state index contributed by atoms with van der Waals surface area (Å²) in [7, 11) is 3.68. The van der Waals surface area contributed by atoms with Crippen molar-refractivity contribution in [1.29, 1.82) is 0 Å². The summed E-state index contributed by atoms with van der Waals surface area (Å²) < 4.78 is 11.8. The van der Waals surface area contributed by atoms with Gasteiger partial charge in [0.1, 0.15) is 17.9 Å². The van der Waals surface area contributed by atoms with Gasteiger partial charge in [0.2, 0.25) is 0 Å². The monoisotopic (exact) mass is 309 g/mol. The van der Waals surface area contributed by atoms with Crippen LogP contribution in [-0.4, -0.2) is 14.1 Å². The van der Waals surface area contributed by atoms with Crippen LogP contribution in [0.3, 0.4) is 0 Å². The van der Waals surface area contributed by atoms with Gasteiger partial charge in [-0.05, 0) is 24.6 Å². The van der Waals surface area contributed by atoms with Gasteiger partial charge in [0.25, 0.3) is 0 Å². The Labute approximate surface area is 134 Å². The number of anilines is 1. The van der Waals surface area contributed by atoms with E-state index in [0.717, 1.165) is 16.9 Å². The van der Waals surface area contributed by atoms with Gasteiger partial charge < -0.3 is 14.1 Å². The minimum Gasteiger partial charge on any atom is -0.488 e. The zero-order valence-corrected chi connectivity index (χ0v) is 13.5. The second-order valence-corrected chi connectivity index (χ2v) is 5.68. The second-order valence-electron chi connectivity index (χ2n) is 5.68. The Morgan fingerprint density at radius 1 is 1.09 bits per heavy atom. The van der Waals surface area contributed by atoms with Crippen molar-refractivity contribution in [3.63, 3.8) is 0 Å². The fraction of sp³-hybridized carbons (Fsp3) is 0.211. The first-order chi connectivity index (χ1) is 11.1. The van der Waals surface area contributed by atoms with E-state index in [1.807, 2.05) is 57.4 Å². The Morgan fingerprint density at radius 2 is 1.83 bits per heavy atom. The number of rotatable bonds is 4. The molecule has 0 amide bonds. The van der Waals surface area contributed by atoms with Crippen molar-refractivity contribution in [2.24, 2.45) is 0 Å². The molecule has 118 valence electrons. The molecule has 0 saturated heterocycles. The van der Waals surface area contributed by atoms with Crippen LogP contribution in [0.15, 0.2) is 57.7 Å². The molecule has 0 aliphatic rings. The van der Waals surface area contributed by atoms with Crippen molar-refractivity contribution in [2.45, 2.75) is 13.5 Å². The molecule has 0 radical (unpaired) electrons. The molecule has 23 heavy (non-hydrogen) atoms. The third-order valence-corrected chi connectivity index (χ3v) is 3.76. The second kappa shape index (κ2) is 6.16. The molecule has 0 atom stereocenters. The molecule has 0 aliphatic heterocycles. The van der Waals surface area contributed by atoms with Gasteiger partial charge in [-0.25, -0.2) is 0 Å². The predicted molar refractivity (Wildman–Crippen MR) is 92.3 cm³/mol. The van der Waals surface area contributed by atoms with Gasteiger partial charge in [-0.2, -0.15) is 0 Å². The number of fused-ring (bicyclic) bond motifs is 1. The lowest BCUT2D eigenvalue weighted by molar-refractivity contribution is 0.304. The van der Waals surface area contributed by atoms with Crippen LogP contribution in [0.5, 0.6) is 5.75 Å². The van der Waals surface area contributed by atoms with Gasteiger partial charge in [-0.3, -0.25) is 4.79 Å². The SMILES string of the molecule is Cc1c(OCc2ccccc2)ccc2c(=O)cc(N(C)C)oc12. The average molecular weight is 309 g/mol. The molecule has 0 N–H and O–H groups in total. The smallest absolute Gasteiger partial charge is 0.199 e. The van der Waals surface area contributed by atoms with Crippen LogP contribution in [0.1, 0.15) is 11.1 Å². The standard InChI is InChI=1S/C19H19NO3/c1-13-17(22-12-14-7-5-4-6-8-14)10-9-15-16(21)11-18(20(2)3)23-19(13)15/h4-11H,12H2,1-3H3. The van der Waals surface area contributed by atoms with E-state index in [-0.39, 0.29) is 5.43 Å². The summed E-state index contributed by atoms with van der Waals surface area (Å²) in [4.78, 5) is 14.0. The zero-order valence-electron chi connectivity index (χ0n) is 13.5. The predicted octanol–water partition coefficient (Wildman–Crippen LogP) is 3.75. The van der Waals surface area contributed by atoms with E-state index >= 15 is 0 Å². The van der Waals surface area contributed by atoms with E-state index < -0.39 is 0 Å². The fourth-order valence-corrected chi connectivity index (χ4v) is 2.44. The largest absolute Gasteiger partial charge is 0.488 e. The molecular weight excluding hydrogens is 290 g/mol. The molecule has 1 heterocycles. The maximum Gasteiger partial charge on any atom is 0.199 e. The molecule has 0 spiro atoms. The van der Waals surface area contributed by atoms with Crippen LogP contribution in [0.25, 0.3) is 11.0 Å². The summed E-state index contributed by atoms with van der Waals surface area (Å²) in [6.07, 6.45) is 0. The van der Waals surface area contributed by atoms with Crippen molar-refractivity contribution in [3.8, 4) is 5.75 Å². The molecule has 0 fully saturated rings. The van der Waals surface area contributed by atoms with Crippen LogP contribution in [0.2, 0.25) is 0 Å². The summed E-state index contributed by atoms with van der Waals surface area (Å²) in [5.74, 6) is 1.26. The Morgan fingerprint density at radius 3 is 2.52 bits per heavy atom. The molecule has 2 aromatic carbocycles. The highest BCUT2D eigenvalue weighted by atomic mass is 16.5. The van der Waals surface area contributed by atoms with E-state index in [4.69, 9.17) is 9.15 Å². The van der Waals surface area contributed by atoms with Crippen molar-refractivity contribution < 1.29 is 9.15 Å². The first-order valence-electron chi connectivity index (χ1n) is 7.48. The maximum atomic E-state index is 12.2.